The number of anilines is 1. The van der Waals surface area contributed by atoms with Gasteiger partial charge >= 0.3 is 0 Å². The molecule has 0 aliphatic carbocycles. The van der Waals surface area contributed by atoms with Crippen LogP contribution in [-0.2, 0) is 18.4 Å². The first-order valence-electron chi connectivity index (χ1n) is 7.34. The Labute approximate surface area is 138 Å². The van der Waals surface area contributed by atoms with E-state index in [1.54, 1.807) is 59.3 Å². The average Bonchev–Trinajstić information content (AvgIpc) is 3.17. The lowest BCUT2D eigenvalue weighted by atomic mass is 10.2. The maximum Gasteiger partial charge on any atom is 0.248 e. The second-order valence-electron chi connectivity index (χ2n) is 5.29. The van der Waals surface area contributed by atoms with Crippen molar-refractivity contribution in [3.63, 3.8) is 0 Å². The maximum absolute atomic E-state index is 13.6. The third-order valence-electron chi connectivity index (χ3n) is 3.34. The minimum atomic E-state index is -0.280. The average molecular weight is 325 g/mol. The number of carbonyl (C=O) groups excluding carboxylic acids is 1. The van der Waals surface area contributed by atoms with Crippen LogP contribution in [0, 0.1) is 5.82 Å². The minimum Gasteiger partial charge on any atom is -0.320 e. The molecule has 24 heavy (non-hydrogen) atoms. The Morgan fingerprint density at radius 3 is 2.83 bits per heavy atom. The topological polar surface area (TPSA) is 64.7 Å². The van der Waals surface area contributed by atoms with Gasteiger partial charge in [0, 0.05) is 36.6 Å². The molecule has 7 heteroatoms. The first-order valence-corrected chi connectivity index (χ1v) is 7.34. The van der Waals surface area contributed by atoms with Crippen LogP contribution in [-0.4, -0.2) is 25.5 Å². The van der Waals surface area contributed by atoms with Gasteiger partial charge in [0.05, 0.1) is 24.6 Å². The molecule has 3 aromatic rings. The van der Waals surface area contributed by atoms with Crippen molar-refractivity contribution in [2.75, 3.05) is 5.32 Å². The van der Waals surface area contributed by atoms with Crippen LogP contribution < -0.4 is 5.32 Å². The normalized spacial score (nSPS) is 11.1. The van der Waals surface area contributed by atoms with E-state index in [0.29, 0.717) is 17.8 Å². The fourth-order valence-electron chi connectivity index (χ4n) is 2.20. The first-order chi connectivity index (χ1) is 11.6. The maximum atomic E-state index is 13.6. The Morgan fingerprint density at radius 2 is 2.08 bits per heavy atom. The van der Waals surface area contributed by atoms with E-state index >= 15 is 0 Å². The smallest absolute Gasteiger partial charge is 0.248 e. The second kappa shape index (κ2) is 6.91. The van der Waals surface area contributed by atoms with Gasteiger partial charge in [0.25, 0.3) is 0 Å². The SMILES string of the molecule is Cn1cc(/C=C/C(=O)Nc2cnn(Cc3ccccc3F)c2)cn1. The largest absolute Gasteiger partial charge is 0.320 e. The summed E-state index contributed by atoms with van der Waals surface area (Å²) < 4.78 is 16.9. The number of hydrogen-bond donors (Lipinski definition) is 1. The zero-order valence-corrected chi connectivity index (χ0v) is 13.1. The van der Waals surface area contributed by atoms with Crippen LogP contribution in [0.15, 0.2) is 55.1 Å². The van der Waals surface area contributed by atoms with Crippen LogP contribution in [0.2, 0.25) is 0 Å². The fraction of sp³-hybridized carbons (Fsp3) is 0.118. The van der Waals surface area contributed by atoms with Crippen molar-refractivity contribution in [3.05, 3.63) is 72.1 Å². The fourth-order valence-corrected chi connectivity index (χ4v) is 2.20. The summed E-state index contributed by atoms with van der Waals surface area (Å²) in [5.74, 6) is -0.553. The molecule has 0 atom stereocenters. The molecular formula is C17H16FN5O. The molecule has 0 spiro atoms. The first kappa shape index (κ1) is 15.7. The molecule has 0 radical (unpaired) electrons. The van der Waals surface area contributed by atoms with E-state index in [-0.39, 0.29) is 11.7 Å². The Kier molecular flexibility index (Phi) is 4.51. The van der Waals surface area contributed by atoms with Gasteiger partial charge in [-0.2, -0.15) is 10.2 Å². The van der Waals surface area contributed by atoms with Crippen LogP contribution in [0.3, 0.4) is 0 Å². The van der Waals surface area contributed by atoms with Crippen molar-refractivity contribution in [2.45, 2.75) is 6.54 Å². The number of carbonyl (C=O) groups is 1. The number of rotatable bonds is 5. The summed E-state index contributed by atoms with van der Waals surface area (Å²) in [7, 11) is 1.81. The molecular weight excluding hydrogens is 309 g/mol. The van der Waals surface area contributed by atoms with E-state index in [1.165, 1.54) is 18.3 Å². The minimum absolute atomic E-state index is 0.274. The number of hydrogen-bond acceptors (Lipinski definition) is 3. The highest BCUT2D eigenvalue weighted by Crippen LogP contribution is 2.11. The van der Waals surface area contributed by atoms with Crippen molar-refractivity contribution in [3.8, 4) is 0 Å². The van der Waals surface area contributed by atoms with Crippen molar-refractivity contribution in [1.29, 1.82) is 0 Å². The van der Waals surface area contributed by atoms with Crippen molar-refractivity contribution in [1.82, 2.24) is 19.6 Å². The van der Waals surface area contributed by atoms with Crippen molar-refractivity contribution in [2.24, 2.45) is 7.05 Å². The van der Waals surface area contributed by atoms with Gasteiger partial charge in [-0.15, -0.1) is 0 Å². The predicted molar refractivity (Wildman–Crippen MR) is 88.6 cm³/mol. The van der Waals surface area contributed by atoms with Gasteiger partial charge in [-0.3, -0.25) is 14.2 Å². The molecule has 0 saturated heterocycles. The lowest BCUT2D eigenvalue weighted by molar-refractivity contribution is -0.111. The quantitative estimate of drug-likeness (QED) is 0.733. The van der Waals surface area contributed by atoms with Crippen LogP contribution in [0.25, 0.3) is 6.08 Å². The van der Waals surface area contributed by atoms with E-state index in [0.717, 1.165) is 5.56 Å². The van der Waals surface area contributed by atoms with E-state index < -0.39 is 0 Å². The van der Waals surface area contributed by atoms with Gasteiger partial charge in [-0.1, -0.05) is 18.2 Å². The molecule has 0 aliphatic rings. The summed E-state index contributed by atoms with van der Waals surface area (Å²) >= 11 is 0. The van der Waals surface area contributed by atoms with Gasteiger partial charge in [0.1, 0.15) is 5.82 Å². The molecule has 0 fully saturated rings. The van der Waals surface area contributed by atoms with E-state index in [1.807, 2.05) is 0 Å². The second-order valence-corrected chi connectivity index (χ2v) is 5.29. The molecule has 122 valence electrons. The number of amides is 1. The summed E-state index contributed by atoms with van der Waals surface area (Å²) in [5.41, 5.74) is 1.92. The molecule has 0 saturated carbocycles. The van der Waals surface area contributed by atoms with Crippen LogP contribution in [0.4, 0.5) is 10.1 Å². The van der Waals surface area contributed by atoms with Gasteiger partial charge in [-0.05, 0) is 12.1 Å². The Hall–Kier alpha value is -3.22. The highest BCUT2D eigenvalue weighted by Gasteiger charge is 2.05. The van der Waals surface area contributed by atoms with Gasteiger partial charge < -0.3 is 5.32 Å². The molecule has 6 nitrogen and oxygen atoms in total. The molecule has 3 rings (SSSR count). The predicted octanol–water partition coefficient (Wildman–Crippen LogP) is 2.46. The van der Waals surface area contributed by atoms with E-state index in [4.69, 9.17) is 0 Å². The van der Waals surface area contributed by atoms with Gasteiger partial charge in [-0.25, -0.2) is 4.39 Å². The molecule has 0 aliphatic heterocycles. The molecule has 1 N–H and O–H groups in total. The Morgan fingerprint density at radius 1 is 1.25 bits per heavy atom. The summed E-state index contributed by atoms with van der Waals surface area (Å²) in [4.78, 5) is 11.9. The Balaban J connectivity index is 1.60. The molecule has 0 bridgehead atoms. The molecule has 1 aromatic carbocycles. The number of nitrogens with one attached hydrogen (secondary N) is 1. The lowest BCUT2D eigenvalue weighted by Gasteiger charge is -2.02. The van der Waals surface area contributed by atoms with Crippen LogP contribution >= 0.6 is 0 Å². The molecule has 1 amide bonds. The van der Waals surface area contributed by atoms with Crippen molar-refractivity contribution >= 4 is 17.7 Å². The molecule has 2 heterocycles. The molecule has 0 unspecified atom stereocenters. The summed E-state index contributed by atoms with van der Waals surface area (Å²) in [6.07, 6.45) is 9.74. The van der Waals surface area contributed by atoms with Gasteiger partial charge in [0.2, 0.25) is 5.91 Å². The number of benzene rings is 1. The highest BCUT2D eigenvalue weighted by molar-refractivity contribution is 6.01. The highest BCUT2D eigenvalue weighted by atomic mass is 19.1. The summed E-state index contributed by atoms with van der Waals surface area (Å²) in [5, 5.41) is 10.9. The van der Waals surface area contributed by atoms with Crippen LogP contribution in [0.5, 0.6) is 0 Å². The zero-order valence-electron chi connectivity index (χ0n) is 13.1. The van der Waals surface area contributed by atoms with Crippen LogP contribution in [0.1, 0.15) is 11.1 Å². The monoisotopic (exact) mass is 325 g/mol. The Bertz CT molecular complexity index is 881. The third-order valence-corrected chi connectivity index (χ3v) is 3.34. The lowest BCUT2D eigenvalue weighted by Crippen LogP contribution is -2.07. The number of aryl methyl sites for hydroxylation is 1. The summed E-state index contributed by atoms with van der Waals surface area (Å²) in [6.45, 7) is 0.300. The number of nitrogens with zero attached hydrogens (tertiary/aromatic N) is 4. The van der Waals surface area contributed by atoms with Gasteiger partial charge in [0.15, 0.2) is 0 Å². The number of halogens is 1. The third kappa shape index (κ3) is 3.95. The standard InChI is InChI=1S/C17H16FN5O/c1-22-10-13(8-19-22)6-7-17(24)21-15-9-20-23(12-15)11-14-4-2-3-5-16(14)18/h2-10,12H,11H2,1H3,(H,21,24)/b7-6+. The molecule has 2 aromatic heterocycles. The van der Waals surface area contributed by atoms with Crippen molar-refractivity contribution < 1.29 is 9.18 Å². The zero-order chi connectivity index (χ0) is 16.9. The van der Waals surface area contributed by atoms with E-state index in [2.05, 4.69) is 15.5 Å². The summed E-state index contributed by atoms with van der Waals surface area (Å²) in [6, 6.07) is 6.52. The van der Waals surface area contributed by atoms with E-state index in [9.17, 15) is 9.18 Å². The number of aromatic nitrogens is 4.